The molecule has 0 spiro atoms. The maximum Gasteiger partial charge on any atom is 0.353 e. The molecular formula is C44H58NO6PSSi2. The molecule has 5 rings (SSSR count). The zero-order valence-electron chi connectivity index (χ0n) is 34.3. The Hall–Kier alpha value is -3.38. The molecule has 0 saturated carbocycles. The van der Waals surface area contributed by atoms with Gasteiger partial charge in [0.2, 0.25) is 5.91 Å². The highest BCUT2D eigenvalue weighted by Crippen LogP contribution is 2.50. The van der Waals surface area contributed by atoms with Gasteiger partial charge in [0, 0.05) is 18.2 Å². The van der Waals surface area contributed by atoms with Crippen LogP contribution in [-0.2, 0) is 25.0 Å². The van der Waals surface area contributed by atoms with Crippen molar-refractivity contribution < 1.29 is 28.3 Å². The van der Waals surface area contributed by atoms with Crippen LogP contribution in [0.4, 0.5) is 0 Å². The molecule has 4 aromatic rings. The van der Waals surface area contributed by atoms with Gasteiger partial charge in [-0.2, -0.15) is 0 Å². The van der Waals surface area contributed by atoms with Crippen molar-refractivity contribution in [2.75, 3.05) is 0 Å². The number of ketones is 1. The summed E-state index contributed by atoms with van der Waals surface area (Å²) in [6.07, 6.45) is -0.577. The van der Waals surface area contributed by atoms with E-state index in [9.17, 15) is 19.5 Å². The van der Waals surface area contributed by atoms with Crippen molar-refractivity contribution in [3.8, 4) is 0 Å². The second kappa shape index (κ2) is 16.2. The van der Waals surface area contributed by atoms with E-state index in [4.69, 9.17) is 8.85 Å². The van der Waals surface area contributed by atoms with Gasteiger partial charge in [0.05, 0.1) is 29.5 Å². The van der Waals surface area contributed by atoms with Gasteiger partial charge in [0.15, 0.2) is 22.4 Å². The van der Waals surface area contributed by atoms with E-state index >= 15 is 0 Å². The van der Waals surface area contributed by atoms with Crippen molar-refractivity contribution >= 4 is 73.8 Å². The van der Waals surface area contributed by atoms with Crippen LogP contribution in [0.5, 0.6) is 0 Å². The molecule has 1 amide bonds. The van der Waals surface area contributed by atoms with Gasteiger partial charge in [-0.3, -0.25) is 9.59 Å². The minimum atomic E-state index is -3.22. The van der Waals surface area contributed by atoms with Crippen LogP contribution in [0.2, 0.25) is 36.3 Å². The number of aliphatic carboxylic acids is 1. The summed E-state index contributed by atoms with van der Waals surface area (Å²) in [6.45, 7) is 20.9. The summed E-state index contributed by atoms with van der Waals surface area (Å²) in [5, 5.41) is 13.9. The Kier molecular flexibility index (Phi) is 12.6. The standard InChI is InChI=1S/C44H58NO6PSSi2/c1-31(51-55(10,11)44(5,6)7)39-36(29-37(46)38-28-27-35(53-38)30-50-54(8,9)43(2,3)4)45(40(39)47)41(42(48)49)52(32-21-15-12-16-22-32,33-23-17-13-18-24-33)34-25-19-14-20-26-34/h12-28,31,36,39H,29-30H2,1-11H3,(H,48,49)/t31-,36-,39-/m1/s1. The molecule has 11 heteroatoms. The van der Waals surface area contributed by atoms with Crippen LogP contribution in [-0.4, -0.2) is 61.9 Å². The highest BCUT2D eigenvalue weighted by Gasteiger charge is 2.57. The summed E-state index contributed by atoms with van der Waals surface area (Å²) in [5.41, 5.74) is 0.00400. The predicted octanol–water partition coefficient (Wildman–Crippen LogP) is 9.29. The van der Waals surface area contributed by atoms with Crippen LogP contribution < -0.4 is 15.9 Å². The molecule has 1 aliphatic rings. The lowest BCUT2D eigenvalue weighted by molar-refractivity contribution is -0.155. The van der Waals surface area contributed by atoms with E-state index in [0.29, 0.717) is 11.5 Å². The van der Waals surface area contributed by atoms with E-state index in [-0.39, 0.29) is 33.6 Å². The lowest BCUT2D eigenvalue weighted by Crippen LogP contribution is -2.69. The molecule has 2 heterocycles. The topological polar surface area (TPSA) is 93.1 Å². The summed E-state index contributed by atoms with van der Waals surface area (Å²) < 4.78 is 13.3. The third-order valence-electron chi connectivity index (χ3n) is 11.9. The van der Waals surface area contributed by atoms with Crippen molar-refractivity contribution in [1.82, 2.24) is 4.90 Å². The maximum atomic E-state index is 14.9. The van der Waals surface area contributed by atoms with Crippen molar-refractivity contribution in [1.29, 1.82) is 0 Å². The number of hydrogen-bond acceptors (Lipinski definition) is 6. The molecule has 0 aliphatic carbocycles. The molecule has 0 bridgehead atoms. The summed E-state index contributed by atoms with van der Waals surface area (Å²) in [4.78, 5) is 46.4. The molecule has 55 heavy (non-hydrogen) atoms. The minimum absolute atomic E-state index is 0.00400. The first kappa shape index (κ1) is 42.8. The Balaban J connectivity index is 1.69. The fraction of sp³-hybridized carbons (Fsp3) is 0.409. The maximum absolute atomic E-state index is 14.9. The van der Waals surface area contributed by atoms with Crippen LogP contribution in [0.15, 0.2) is 103 Å². The van der Waals surface area contributed by atoms with Gasteiger partial charge in [-0.25, -0.2) is 4.79 Å². The van der Waals surface area contributed by atoms with E-state index in [1.807, 2.05) is 110 Å². The summed E-state index contributed by atoms with van der Waals surface area (Å²) in [6, 6.07) is 32.0. The van der Waals surface area contributed by atoms with E-state index < -0.39 is 47.6 Å². The van der Waals surface area contributed by atoms with E-state index in [2.05, 4.69) is 67.7 Å². The number of thiophene rings is 1. The van der Waals surface area contributed by atoms with Gasteiger partial charge in [-0.15, -0.1) is 11.3 Å². The SMILES string of the molecule is C[C@@H](O[Si](C)(C)C(C)(C)C)[C@H]1C(=O)N(C(C(=O)O)=P(c2ccccc2)(c2ccccc2)c2ccccc2)[C@@H]1CC(=O)c1ccc(CO[Si](C)(C)C(C)(C)C)s1. The highest BCUT2D eigenvalue weighted by atomic mass is 32.1. The Bertz CT molecular complexity index is 1950. The first-order valence-electron chi connectivity index (χ1n) is 19.1. The number of nitrogens with zero attached hydrogens (tertiary/aromatic N) is 1. The van der Waals surface area contributed by atoms with Gasteiger partial charge in [-0.1, -0.05) is 133 Å². The molecular weight excluding hydrogens is 758 g/mol. The fourth-order valence-corrected chi connectivity index (χ4v) is 14.5. The first-order chi connectivity index (χ1) is 25.6. The predicted molar refractivity (Wildman–Crippen MR) is 235 cm³/mol. The number of carboxylic acid groups (broad SMARTS) is 1. The Morgan fingerprint density at radius 2 is 1.22 bits per heavy atom. The number of β-lactam (4-membered cyclic amide) rings is 1. The molecule has 7 nitrogen and oxygen atoms in total. The number of carbonyl (C=O) groups excluding carboxylic acids is 2. The lowest BCUT2D eigenvalue weighted by atomic mass is 9.80. The van der Waals surface area contributed by atoms with Crippen LogP contribution in [0.25, 0.3) is 0 Å². The number of carboxylic acids is 1. The number of amides is 1. The molecule has 0 radical (unpaired) electrons. The van der Waals surface area contributed by atoms with Crippen molar-refractivity contribution in [3.05, 3.63) is 113 Å². The van der Waals surface area contributed by atoms with Crippen LogP contribution in [0.3, 0.4) is 0 Å². The molecule has 1 N–H and O–H groups in total. The van der Waals surface area contributed by atoms with Crippen LogP contribution in [0.1, 0.15) is 69.4 Å². The molecule has 1 aromatic heterocycles. The Labute approximate surface area is 334 Å². The zero-order valence-corrected chi connectivity index (χ0v) is 38.0. The summed E-state index contributed by atoms with van der Waals surface area (Å²) >= 11 is 1.41. The lowest BCUT2D eigenvalue weighted by Gasteiger charge is -2.52. The van der Waals surface area contributed by atoms with Gasteiger partial charge < -0.3 is 18.9 Å². The third-order valence-corrected chi connectivity index (χ3v) is 26.4. The van der Waals surface area contributed by atoms with E-state index in [1.54, 1.807) is 0 Å². The number of benzene rings is 3. The number of hydrogen-bond donors (Lipinski definition) is 1. The Morgan fingerprint density at radius 3 is 1.64 bits per heavy atom. The van der Waals surface area contributed by atoms with Crippen LogP contribution in [0, 0.1) is 5.92 Å². The molecule has 1 fully saturated rings. The second-order valence-electron chi connectivity index (χ2n) is 17.6. The normalized spacial score (nSPS) is 17.4. The van der Waals surface area contributed by atoms with Gasteiger partial charge in [0.25, 0.3) is 0 Å². The average molecular weight is 816 g/mol. The summed E-state index contributed by atoms with van der Waals surface area (Å²) in [5.74, 6) is -2.36. The molecule has 0 unspecified atom stereocenters. The molecule has 3 atom stereocenters. The second-order valence-corrected chi connectivity index (χ2v) is 31.7. The number of rotatable bonds is 14. The Morgan fingerprint density at radius 1 is 0.764 bits per heavy atom. The summed E-state index contributed by atoms with van der Waals surface area (Å²) in [7, 11) is -4.37. The van der Waals surface area contributed by atoms with Gasteiger partial charge in [0.1, 0.15) is 5.42 Å². The van der Waals surface area contributed by atoms with E-state index in [1.165, 1.54) is 16.2 Å². The zero-order chi connectivity index (χ0) is 40.6. The third kappa shape index (κ3) is 8.51. The highest BCUT2D eigenvalue weighted by molar-refractivity contribution is 7.96. The van der Waals surface area contributed by atoms with Crippen molar-refractivity contribution in [2.45, 2.75) is 110 Å². The smallest absolute Gasteiger partial charge is 0.353 e. The van der Waals surface area contributed by atoms with Crippen molar-refractivity contribution in [3.63, 3.8) is 0 Å². The van der Waals surface area contributed by atoms with Gasteiger partial charge in [-0.05, 0) is 71.2 Å². The van der Waals surface area contributed by atoms with E-state index in [0.717, 1.165) is 20.8 Å². The molecule has 1 aliphatic heterocycles. The molecule has 1 saturated heterocycles. The average Bonchev–Trinajstić information content (AvgIpc) is 3.60. The largest absolute Gasteiger partial charge is 0.477 e. The molecule has 3 aromatic carbocycles. The quantitative estimate of drug-likeness (QED) is 0.0591. The minimum Gasteiger partial charge on any atom is -0.477 e. The fourth-order valence-electron chi connectivity index (χ4n) is 6.82. The number of carbonyl (C=O) groups is 3. The van der Waals surface area contributed by atoms with Crippen LogP contribution >= 0.6 is 18.2 Å². The van der Waals surface area contributed by atoms with Gasteiger partial charge >= 0.3 is 5.97 Å². The molecule has 294 valence electrons. The van der Waals surface area contributed by atoms with Crippen molar-refractivity contribution in [2.24, 2.45) is 5.92 Å². The number of likely N-dealkylation sites (tertiary alicyclic amines) is 1. The monoisotopic (exact) mass is 815 g/mol. The number of Topliss-reactive ketones (excluding diaryl/α,β-unsaturated/α-hetero) is 1. The first-order valence-corrected chi connectivity index (χ1v) is 27.5.